The van der Waals surface area contributed by atoms with Crippen LogP contribution in [0, 0.1) is 5.92 Å². The molecule has 0 radical (unpaired) electrons. The van der Waals surface area contributed by atoms with Gasteiger partial charge in [-0.25, -0.2) is 8.42 Å². The molecule has 0 saturated heterocycles. The first-order valence-corrected chi connectivity index (χ1v) is 9.61. The number of halogens is 1. The van der Waals surface area contributed by atoms with Gasteiger partial charge in [0.15, 0.2) is 0 Å². The molecular formula is C14H28ClN3O4S. The van der Waals surface area contributed by atoms with E-state index >= 15 is 0 Å². The average molecular weight is 370 g/mol. The molecule has 1 aliphatic rings. The Bertz CT molecular complexity index is 520. The molecule has 1 rings (SSSR count). The van der Waals surface area contributed by atoms with Crippen molar-refractivity contribution in [1.82, 2.24) is 10.2 Å². The van der Waals surface area contributed by atoms with E-state index in [4.69, 9.17) is 5.73 Å². The van der Waals surface area contributed by atoms with E-state index < -0.39 is 21.9 Å². The van der Waals surface area contributed by atoms with Gasteiger partial charge in [0.25, 0.3) is 0 Å². The minimum Gasteiger partial charge on any atom is -0.346 e. The van der Waals surface area contributed by atoms with Crippen LogP contribution in [0.15, 0.2) is 0 Å². The average Bonchev–Trinajstić information content (AvgIpc) is 3.17. The minimum absolute atomic E-state index is 0. The van der Waals surface area contributed by atoms with E-state index in [-0.39, 0.29) is 48.5 Å². The molecule has 1 saturated carbocycles. The molecule has 1 unspecified atom stereocenters. The number of nitrogens with two attached hydrogens (primary N) is 1. The zero-order valence-corrected chi connectivity index (χ0v) is 15.7. The highest BCUT2D eigenvalue weighted by Gasteiger charge is 2.36. The largest absolute Gasteiger partial charge is 0.346 e. The SMILES string of the molecule is CC(C)[C@H](N)C(=O)NCC(=O)N(C(C)CS(C)(=O)=O)C1CC1.Cl. The summed E-state index contributed by atoms with van der Waals surface area (Å²) in [6.45, 7) is 5.23. The third-order valence-electron chi connectivity index (χ3n) is 3.68. The zero-order chi connectivity index (χ0) is 17.1. The Hall–Kier alpha value is -0.860. The van der Waals surface area contributed by atoms with Crippen molar-refractivity contribution in [2.45, 2.75) is 51.7 Å². The number of carbonyl (C=O) groups excluding carboxylic acids is 2. The van der Waals surface area contributed by atoms with Crippen molar-refractivity contribution >= 4 is 34.1 Å². The van der Waals surface area contributed by atoms with Gasteiger partial charge in [-0.2, -0.15) is 0 Å². The summed E-state index contributed by atoms with van der Waals surface area (Å²) in [5, 5.41) is 2.54. The van der Waals surface area contributed by atoms with Gasteiger partial charge in [-0.05, 0) is 25.7 Å². The standard InChI is InChI=1S/C14H27N3O4S.ClH/c1-9(2)13(15)14(19)16-7-12(18)17(11-5-6-11)10(3)8-22(4,20)21;/h9-11,13H,5-8,15H2,1-4H3,(H,16,19);1H/t10?,13-;/m0./s1. The van der Waals surface area contributed by atoms with Gasteiger partial charge >= 0.3 is 0 Å². The molecule has 0 bridgehead atoms. The second-order valence-corrected chi connectivity index (χ2v) is 8.65. The van der Waals surface area contributed by atoms with Gasteiger partial charge in [0.2, 0.25) is 11.8 Å². The van der Waals surface area contributed by atoms with Crippen LogP contribution in [0.3, 0.4) is 0 Å². The maximum atomic E-state index is 12.3. The third kappa shape index (κ3) is 7.50. The second kappa shape index (κ2) is 8.84. The first kappa shape index (κ1) is 22.1. The molecule has 0 aromatic heterocycles. The fourth-order valence-electron chi connectivity index (χ4n) is 2.36. The van der Waals surface area contributed by atoms with Gasteiger partial charge in [-0.3, -0.25) is 9.59 Å². The lowest BCUT2D eigenvalue weighted by atomic mass is 10.1. The highest BCUT2D eigenvalue weighted by Crippen LogP contribution is 2.29. The van der Waals surface area contributed by atoms with Crippen molar-refractivity contribution in [2.24, 2.45) is 11.7 Å². The van der Waals surface area contributed by atoms with Crippen LogP contribution < -0.4 is 11.1 Å². The number of hydrogen-bond acceptors (Lipinski definition) is 5. The van der Waals surface area contributed by atoms with Crippen molar-refractivity contribution in [1.29, 1.82) is 0 Å². The maximum Gasteiger partial charge on any atom is 0.242 e. The summed E-state index contributed by atoms with van der Waals surface area (Å²) in [7, 11) is -3.16. The Morgan fingerprint density at radius 2 is 1.78 bits per heavy atom. The number of amides is 2. The Morgan fingerprint density at radius 3 is 2.17 bits per heavy atom. The lowest BCUT2D eigenvalue weighted by Gasteiger charge is -2.29. The van der Waals surface area contributed by atoms with Gasteiger partial charge in [0.1, 0.15) is 9.84 Å². The molecule has 0 spiro atoms. The molecule has 2 atom stereocenters. The van der Waals surface area contributed by atoms with E-state index in [1.54, 1.807) is 11.8 Å². The lowest BCUT2D eigenvalue weighted by molar-refractivity contribution is -0.135. The number of nitrogens with zero attached hydrogens (tertiary/aromatic N) is 1. The quantitative estimate of drug-likeness (QED) is 0.622. The van der Waals surface area contributed by atoms with Gasteiger partial charge in [0.05, 0.1) is 18.3 Å². The third-order valence-corrected chi connectivity index (χ3v) is 4.77. The van der Waals surface area contributed by atoms with E-state index in [1.807, 2.05) is 13.8 Å². The van der Waals surface area contributed by atoms with E-state index in [2.05, 4.69) is 5.32 Å². The van der Waals surface area contributed by atoms with Crippen LogP contribution in [0.1, 0.15) is 33.6 Å². The number of sulfone groups is 1. The van der Waals surface area contributed by atoms with Crippen LogP contribution in [0.5, 0.6) is 0 Å². The summed E-state index contributed by atoms with van der Waals surface area (Å²) < 4.78 is 22.8. The van der Waals surface area contributed by atoms with Crippen molar-refractivity contribution in [2.75, 3.05) is 18.6 Å². The normalized spacial score (nSPS) is 17.1. The topological polar surface area (TPSA) is 110 Å². The van der Waals surface area contributed by atoms with E-state index in [1.165, 1.54) is 0 Å². The molecule has 136 valence electrons. The first-order valence-electron chi connectivity index (χ1n) is 7.55. The number of carbonyl (C=O) groups is 2. The molecule has 7 nitrogen and oxygen atoms in total. The van der Waals surface area contributed by atoms with Gasteiger partial charge in [0, 0.05) is 18.3 Å². The summed E-state index contributed by atoms with van der Waals surface area (Å²) in [5.74, 6) is -0.717. The predicted octanol–water partition coefficient (Wildman–Crippen LogP) is -0.0682. The monoisotopic (exact) mass is 369 g/mol. The fraction of sp³-hybridized carbons (Fsp3) is 0.857. The van der Waals surface area contributed by atoms with E-state index in [9.17, 15) is 18.0 Å². The predicted molar refractivity (Wildman–Crippen MR) is 92.1 cm³/mol. The van der Waals surface area contributed by atoms with Crippen LogP contribution in [-0.2, 0) is 19.4 Å². The van der Waals surface area contributed by atoms with Crippen LogP contribution in [-0.4, -0.2) is 61.8 Å². The van der Waals surface area contributed by atoms with Crippen LogP contribution in [0.25, 0.3) is 0 Å². The summed E-state index contributed by atoms with van der Waals surface area (Å²) in [5.41, 5.74) is 5.72. The molecule has 9 heteroatoms. The van der Waals surface area contributed by atoms with Crippen molar-refractivity contribution < 1.29 is 18.0 Å². The summed E-state index contributed by atoms with van der Waals surface area (Å²) in [6, 6.07) is -0.971. The fourth-order valence-corrected chi connectivity index (χ4v) is 3.39. The Labute approximate surface area is 144 Å². The first-order chi connectivity index (χ1) is 10.0. The van der Waals surface area contributed by atoms with Crippen molar-refractivity contribution in [3.63, 3.8) is 0 Å². The molecule has 0 heterocycles. The molecule has 0 aliphatic heterocycles. The molecule has 23 heavy (non-hydrogen) atoms. The second-order valence-electron chi connectivity index (χ2n) is 6.46. The number of rotatable bonds is 8. The Kier molecular flexibility index (Phi) is 8.51. The van der Waals surface area contributed by atoms with Crippen LogP contribution in [0.4, 0.5) is 0 Å². The molecular weight excluding hydrogens is 342 g/mol. The Balaban J connectivity index is 0.00000484. The minimum atomic E-state index is -3.16. The summed E-state index contributed by atoms with van der Waals surface area (Å²) in [6.07, 6.45) is 2.90. The summed E-state index contributed by atoms with van der Waals surface area (Å²) in [4.78, 5) is 25.7. The lowest BCUT2D eigenvalue weighted by Crippen LogP contribution is -2.51. The maximum absolute atomic E-state index is 12.3. The van der Waals surface area contributed by atoms with Gasteiger partial charge in [-0.1, -0.05) is 13.8 Å². The van der Waals surface area contributed by atoms with Gasteiger partial charge in [-0.15, -0.1) is 12.4 Å². The van der Waals surface area contributed by atoms with Gasteiger partial charge < -0.3 is 16.0 Å². The highest BCUT2D eigenvalue weighted by molar-refractivity contribution is 7.90. The molecule has 2 amide bonds. The molecule has 0 aromatic rings. The zero-order valence-electron chi connectivity index (χ0n) is 14.1. The molecule has 3 N–H and O–H groups in total. The smallest absolute Gasteiger partial charge is 0.242 e. The number of hydrogen-bond donors (Lipinski definition) is 2. The highest BCUT2D eigenvalue weighted by atomic mass is 35.5. The van der Waals surface area contributed by atoms with E-state index in [0.717, 1.165) is 19.1 Å². The van der Waals surface area contributed by atoms with Crippen LogP contribution in [0.2, 0.25) is 0 Å². The molecule has 0 aromatic carbocycles. The Morgan fingerprint density at radius 1 is 1.26 bits per heavy atom. The van der Waals surface area contributed by atoms with Crippen molar-refractivity contribution in [3.05, 3.63) is 0 Å². The molecule has 1 aliphatic carbocycles. The number of nitrogens with one attached hydrogen (secondary N) is 1. The molecule has 1 fully saturated rings. The van der Waals surface area contributed by atoms with Crippen LogP contribution >= 0.6 is 12.4 Å². The van der Waals surface area contributed by atoms with E-state index in [0.29, 0.717) is 0 Å². The van der Waals surface area contributed by atoms with Crippen molar-refractivity contribution in [3.8, 4) is 0 Å². The summed E-state index contributed by atoms with van der Waals surface area (Å²) >= 11 is 0.